The van der Waals surface area contributed by atoms with Crippen LogP contribution in [0, 0.1) is 5.82 Å². The van der Waals surface area contributed by atoms with E-state index < -0.39 is 10.3 Å². The molecule has 2 atom stereocenters. The maximum Gasteiger partial charge on any atom is 0.265 e. The molecule has 0 saturated heterocycles. The standard InChI is InChI=1S/C16H20FNO2S/c1-10(11-5-7-12(17)8-6-11)9-13-18-14(19)16(4,21-13)15(2,3)20/h5-8,10,20H,9H2,1-4H3/t10-,16-/m1/s1. The number of thioether (sulfide) groups is 1. The Morgan fingerprint density at radius 2 is 1.95 bits per heavy atom. The molecule has 1 aromatic carbocycles. The average Bonchev–Trinajstić information content (AvgIpc) is 2.66. The third kappa shape index (κ3) is 3.19. The number of benzene rings is 1. The lowest BCUT2D eigenvalue weighted by Crippen LogP contribution is -2.48. The van der Waals surface area contributed by atoms with Gasteiger partial charge in [0, 0.05) is 6.42 Å². The first-order valence-corrected chi connectivity index (χ1v) is 7.74. The summed E-state index contributed by atoms with van der Waals surface area (Å²) in [5.74, 6) is -0.418. The van der Waals surface area contributed by atoms with Crippen LogP contribution in [0.5, 0.6) is 0 Å². The average molecular weight is 309 g/mol. The zero-order chi connectivity index (χ0) is 15.8. The summed E-state index contributed by atoms with van der Waals surface area (Å²) in [6.07, 6.45) is 0.605. The third-order valence-corrected chi connectivity index (χ3v) is 5.62. The first kappa shape index (κ1) is 16.2. The van der Waals surface area contributed by atoms with E-state index in [1.807, 2.05) is 6.92 Å². The molecule has 2 rings (SSSR count). The first-order chi connectivity index (χ1) is 9.63. The molecule has 1 amide bonds. The SMILES string of the molecule is C[C@H](CC1=NC(=O)[C@](C)(C(C)(C)O)S1)c1ccc(F)cc1. The molecule has 1 aliphatic heterocycles. The number of carbonyl (C=O) groups excluding carboxylic acids is 1. The smallest absolute Gasteiger partial charge is 0.265 e. The number of amides is 1. The van der Waals surface area contributed by atoms with Crippen molar-refractivity contribution in [2.45, 2.75) is 50.4 Å². The zero-order valence-electron chi connectivity index (χ0n) is 12.7. The van der Waals surface area contributed by atoms with Crippen LogP contribution in [0.25, 0.3) is 0 Å². The molecule has 0 aliphatic carbocycles. The summed E-state index contributed by atoms with van der Waals surface area (Å²) in [7, 11) is 0. The van der Waals surface area contributed by atoms with Crippen LogP contribution in [-0.4, -0.2) is 26.4 Å². The molecule has 21 heavy (non-hydrogen) atoms. The highest BCUT2D eigenvalue weighted by atomic mass is 32.2. The monoisotopic (exact) mass is 309 g/mol. The van der Waals surface area contributed by atoms with Gasteiger partial charge in [-0.1, -0.05) is 30.8 Å². The second-order valence-corrected chi connectivity index (χ2v) is 7.65. The molecule has 5 heteroatoms. The van der Waals surface area contributed by atoms with Crippen molar-refractivity contribution in [3.8, 4) is 0 Å². The molecule has 3 nitrogen and oxygen atoms in total. The summed E-state index contributed by atoms with van der Waals surface area (Å²) in [4.78, 5) is 16.2. The largest absolute Gasteiger partial charge is 0.388 e. The molecule has 0 spiro atoms. The van der Waals surface area contributed by atoms with Gasteiger partial charge in [0.25, 0.3) is 5.91 Å². The van der Waals surface area contributed by atoms with Crippen LogP contribution in [0.1, 0.15) is 45.6 Å². The summed E-state index contributed by atoms with van der Waals surface area (Å²) in [6, 6.07) is 6.36. The lowest BCUT2D eigenvalue weighted by molar-refractivity contribution is -0.124. The Morgan fingerprint density at radius 1 is 1.38 bits per heavy atom. The van der Waals surface area contributed by atoms with Crippen molar-refractivity contribution in [2.75, 3.05) is 0 Å². The molecule has 1 N–H and O–H groups in total. The maximum absolute atomic E-state index is 12.9. The van der Waals surface area contributed by atoms with E-state index in [4.69, 9.17) is 0 Å². The van der Waals surface area contributed by atoms with Gasteiger partial charge in [-0.2, -0.15) is 0 Å². The number of aliphatic hydroxyl groups is 1. The van der Waals surface area contributed by atoms with Gasteiger partial charge in [0.15, 0.2) is 0 Å². The molecule has 1 heterocycles. The van der Waals surface area contributed by atoms with Crippen molar-refractivity contribution in [2.24, 2.45) is 4.99 Å². The second-order valence-electron chi connectivity index (χ2n) is 6.16. The number of aliphatic imine (C=N–C) groups is 1. The topological polar surface area (TPSA) is 49.7 Å². The van der Waals surface area contributed by atoms with E-state index in [2.05, 4.69) is 4.99 Å². The Kier molecular flexibility index (Phi) is 4.26. The van der Waals surface area contributed by atoms with E-state index in [1.54, 1.807) is 32.9 Å². The van der Waals surface area contributed by atoms with Gasteiger partial charge < -0.3 is 5.11 Å². The number of hydrogen-bond donors (Lipinski definition) is 1. The van der Waals surface area contributed by atoms with E-state index in [0.717, 1.165) is 10.6 Å². The summed E-state index contributed by atoms with van der Waals surface area (Å²) >= 11 is 1.33. The van der Waals surface area contributed by atoms with Crippen LogP contribution in [0.2, 0.25) is 0 Å². The summed E-state index contributed by atoms with van der Waals surface area (Å²) in [6.45, 7) is 6.99. The Balaban J connectivity index is 2.10. The Labute approximate surface area is 128 Å². The van der Waals surface area contributed by atoms with Gasteiger partial charge >= 0.3 is 0 Å². The lowest BCUT2D eigenvalue weighted by atomic mass is 9.91. The minimum absolute atomic E-state index is 0.133. The molecule has 0 saturated carbocycles. The van der Waals surface area contributed by atoms with Crippen molar-refractivity contribution in [1.82, 2.24) is 0 Å². The van der Waals surface area contributed by atoms with E-state index in [0.29, 0.717) is 6.42 Å². The van der Waals surface area contributed by atoms with Crippen molar-refractivity contribution < 1.29 is 14.3 Å². The number of rotatable bonds is 4. The fourth-order valence-corrected chi connectivity index (χ4v) is 3.48. The van der Waals surface area contributed by atoms with Crippen LogP contribution >= 0.6 is 11.8 Å². The molecule has 1 aromatic rings. The van der Waals surface area contributed by atoms with Crippen molar-refractivity contribution in [3.63, 3.8) is 0 Å². The van der Waals surface area contributed by atoms with Crippen molar-refractivity contribution in [1.29, 1.82) is 0 Å². The summed E-state index contributed by atoms with van der Waals surface area (Å²) in [5, 5.41) is 10.9. The molecular weight excluding hydrogens is 289 g/mol. The normalized spacial score (nSPS) is 24.1. The first-order valence-electron chi connectivity index (χ1n) is 6.92. The molecular formula is C16H20FNO2S. The predicted octanol–water partition coefficient (Wildman–Crippen LogP) is 3.52. The van der Waals surface area contributed by atoms with Crippen LogP contribution in [-0.2, 0) is 4.79 Å². The molecule has 0 bridgehead atoms. The maximum atomic E-state index is 12.9. The lowest BCUT2D eigenvalue weighted by Gasteiger charge is -2.33. The Bertz CT molecular complexity index is 577. The fourth-order valence-electron chi connectivity index (χ4n) is 2.17. The Morgan fingerprint density at radius 3 is 2.43 bits per heavy atom. The van der Waals surface area contributed by atoms with Crippen molar-refractivity contribution >= 4 is 22.7 Å². The highest BCUT2D eigenvalue weighted by Crippen LogP contribution is 2.44. The minimum Gasteiger partial charge on any atom is -0.388 e. The molecule has 0 aromatic heterocycles. The third-order valence-electron chi connectivity index (χ3n) is 4.04. The van der Waals surface area contributed by atoms with Crippen LogP contribution < -0.4 is 0 Å². The van der Waals surface area contributed by atoms with Crippen LogP contribution in [0.4, 0.5) is 4.39 Å². The van der Waals surface area contributed by atoms with Gasteiger partial charge in [-0.05, 0) is 44.4 Å². The van der Waals surface area contributed by atoms with Gasteiger partial charge in [0.1, 0.15) is 10.6 Å². The van der Waals surface area contributed by atoms with E-state index in [-0.39, 0.29) is 17.6 Å². The van der Waals surface area contributed by atoms with Crippen LogP contribution in [0.3, 0.4) is 0 Å². The number of hydrogen-bond acceptors (Lipinski definition) is 3. The zero-order valence-corrected chi connectivity index (χ0v) is 13.5. The molecule has 0 unspecified atom stereocenters. The Hall–Kier alpha value is -1.20. The molecule has 0 radical (unpaired) electrons. The molecule has 114 valence electrons. The highest BCUT2D eigenvalue weighted by molar-refractivity contribution is 8.16. The van der Waals surface area contributed by atoms with Gasteiger partial charge in [-0.3, -0.25) is 4.79 Å². The van der Waals surface area contributed by atoms with Gasteiger partial charge in [0.2, 0.25) is 0 Å². The van der Waals surface area contributed by atoms with E-state index in [9.17, 15) is 14.3 Å². The highest BCUT2D eigenvalue weighted by Gasteiger charge is 2.51. The van der Waals surface area contributed by atoms with Crippen molar-refractivity contribution in [3.05, 3.63) is 35.6 Å². The quantitative estimate of drug-likeness (QED) is 0.926. The minimum atomic E-state index is -1.14. The second kappa shape index (κ2) is 5.54. The van der Waals surface area contributed by atoms with Gasteiger partial charge in [-0.25, -0.2) is 9.38 Å². The molecule has 1 aliphatic rings. The van der Waals surface area contributed by atoms with Crippen LogP contribution in [0.15, 0.2) is 29.3 Å². The van der Waals surface area contributed by atoms with E-state index in [1.165, 1.54) is 23.9 Å². The summed E-state index contributed by atoms with van der Waals surface area (Å²) in [5.41, 5.74) is -0.136. The number of halogens is 1. The number of nitrogens with zero attached hydrogens (tertiary/aromatic N) is 1. The predicted molar refractivity (Wildman–Crippen MR) is 84.2 cm³/mol. The van der Waals surface area contributed by atoms with E-state index >= 15 is 0 Å². The summed E-state index contributed by atoms with van der Waals surface area (Å²) < 4.78 is 12.0. The molecule has 0 fully saturated rings. The van der Waals surface area contributed by atoms with Gasteiger partial charge in [-0.15, -0.1) is 0 Å². The fraction of sp³-hybridized carbons (Fsp3) is 0.500. The number of carbonyl (C=O) groups is 1. The van der Waals surface area contributed by atoms with Gasteiger partial charge in [0.05, 0.1) is 10.6 Å².